The maximum Gasteiger partial charge on any atom is 0.0419 e. The van der Waals surface area contributed by atoms with Gasteiger partial charge in [-0.2, -0.15) is 0 Å². The lowest BCUT2D eigenvalue weighted by molar-refractivity contribution is 0.601. The predicted octanol–water partition coefficient (Wildman–Crippen LogP) is 1.23. The van der Waals surface area contributed by atoms with E-state index in [1.165, 1.54) is 0 Å². The van der Waals surface area contributed by atoms with Crippen LogP contribution < -0.4 is 5.32 Å². The lowest BCUT2D eigenvalue weighted by Crippen LogP contribution is -2.23. The third-order valence-corrected chi connectivity index (χ3v) is 1.73. The maximum atomic E-state index is 4.23. The van der Waals surface area contributed by atoms with Gasteiger partial charge >= 0.3 is 0 Å². The summed E-state index contributed by atoms with van der Waals surface area (Å²) in [6.45, 7) is 2.15. The zero-order chi connectivity index (χ0) is 8.10. The fourth-order valence-corrected chi connectivity index (χ4v) is 0.935. The molecule has 1 N–H and O–H groups in total. The SMILES string of the molecule is CN[C@@H](C)Cc1ccccn1. The van der Waals surface area contributed by atoms with Gasteiger partial charge in [-0.05, 0) is 26.1 Å². The van der Waals surface area contributed by atoms with Gasteiger partial charge < -0.3 is 5.32 Å². The highest BCUT2D eigenvalue weighted by atomic mass is 14.9. The van der Waals surface area contributed by atoms with Gasteiger partial charge in [0.1, 0.15) is 0 Å². The second-order valence-corrected chi connectivity index (χ2v) is 2.71. The number of hydrogen-bond acceptors (Lipinski definition) is 2. The molecule has 0 aliphatic carbocycles. The van der Waals surface area contributed by atoms with Crippen molar-refractivity contribution in [3.05, 3.63) is 30.1 Å². The van der Waals surface area contributed by atoms with E-state index in [-0.39, 0.29) is 0 Å². The summed E-state index contributed by atoms with van der Waals surface area (Å²) in [6.07, 6.45) is 2.83. The van der Waals surface area contributed by atoms with Gasteiger partial charge in [0.2, 0.25) is 0 Å². The average molecular weight is 150 g/mol. The van der Waals surface area contributed by atoms with Gasteiger partial charge in [0, 0.05) is 24.4 Å². The molecule has 0 saturated heterocycles. The van der Waals surface area contributed by atoms with E-state index in [9.17, 15) is 0 Å². The van der Waals surface area contributed by atoms with Crippen LogP contribution in [-0.4, -0.2) is 18.1 Å². The molecule has 0 aromatic carbocycles. The Hall–Kier alpha value is -0.890. The monoisotopic (exact) mass is 150 g/mol. The van der Waals surface area contributed by atoms with Crippen LogP contribution in [0.2, 0.25) is 0 Å². The van der Waals surface area contributed by atoms with E-state index in [0.29, 0.717) is 6.04 Å². The molecule has 2 heteroatoms. The molecule has 11 heavy (non-hydrogen) atoms. The first-order valence-electron chi connectivity index (χ1n) is 3.90. The Bertz CT molecular complexity index is 196. The van der Waals surface area contributed by atoms with Gasteiger partial charge in [-0.15, -0.1) is 0 Å². The molecule has 1 aromatic heterocycles. The van der Waals surface area contributed by atoms with Crippen LogP contribution >= 0.6 is 0 Å². The van der Waals surface area contributed by atoms with E-state index >= 15 is 0 Å². The van der Waals surface area contributed by atoms with Crippen molar-refractivity contribution in [2.75, 3.05) is 7.05 Å². The number of hydrogen-bond donors (Lipinski definition) is 1. The molecule has 1 atom stereocenters. The molecule has 60 valence electrons. The maximum absolute atomic E-state index is 4.23. The molecular formula is C9H14N2. The highest BCUT2D eigenvalue weighted by molar-refractivity contribution is 5.04. The van der Waals surface area contributed by atoms with Crippen molar-refractivity contribution < 1.29 is 0 Å². The van der Waals surface area contributed by atoms with Crippen LogP contribution in [0.1, 0.15) is 12.6 Å². The Labute approximate surface area is 67.7 Å². The Kier molecular flexibility index (Phi) is 3.05. The molecule has 0 amide bonds. The van der Waals surface area contributed by atoms with Crippen molar-refractivity contribution in [3.8, 4) is 0 Å². The van der Waals surface area contributed by atoms with Crippen LogP contribution in [0.15, 0.2) is 24.4 Å². The smallest absolute Gasteiger partial charge is 0.0419 e. The summed E-state index contributed by atoms with van der Waals surface area (Å²) in [5.41, 5.74) is 1.15. The number of nitrogens with zero attached hydrogens (tertiary/aromatic N) is 1. The normalized spacial score (nSPS) is 12.9. The third kappa shape index (κ3) is 2.68. The van der Waals surface area contributed by atoms with Crippen LogP contribution in [-0.2, 0) is 6.42 Å². The summed E-state index contributed by atoms with van der Waals surface area (Å²) >= 11 is 0. The fraction of sp³-hybridized carbons (Fsp3) is 0.444. The van der Waals surface area contributed by atoms with Crippen molar-refractivity contribution in [1.82, 2.24) is 10.3 Å². The molecule has 0 aliphatic heterocycles. The first-order chi connectivity index (χ1) is 5.33. The summed E-state index contributed by atoms with van der Waals surface area (Å²) in [5.74, 6) is 0. The van der Waals surface area contributed by atoms with Crippen LogP contribution in [0.3, 0.4) is 0 Å². The van der Waals surface area contributed by atoms with E-state index in [4.69, 9.17) is 0 Å². The van der Waals surface area contributed by atoms with Crippen LogP contribution in [0, 0.1) is 0 Å². The minimum atomic E-state index is 0.505. The standard InChI is InChI=1S/C9H14N2/c1-8(10-2)7-9-5-3-4-6-11-9/h3-6,8,10H,7H2,1-2H3/t8-/m0/s1. The van der Waals surface area contributed by atoms with Gasteiger partial charge in [0.05, 0.1) is 0 Å². The van der Waals surface area contributed by atoms with E-state index in [1.54, 1.807) is 0 Å². The molecule has 0 aliphatic rings. The molecule has 2 nitrogen and oxygen atoms in total. The van der Waals surface area contributed by atoms with Crippen molar-refractivity contribution >= 4 is 0 Å². The second-order valence-electron chi connectivity index (χ2n) is 2.71. The molecule has 0 bridgehead atoms. The molecule has 0 fully saturated rings. The Morgan fingerprint density at radius 3 is 2.91 bits per heavy atom. The Morgan fingerprint density at radius 1 is 1.55 bits per heavy atom. The van der Waals surface area contributed by atoms with Gasteiger partial charge in [0.25, 0.3) is 0 Å². The average Bonchev–Trinajstić information content (AvgIpc) is 2.06. The van der Waals surface area contributed by atoms with E-state index < -0.39 is 0 Å². The summed E-state index contributed by atoms with van der Waals surface area (Å²) in [4.78, 5) is 4.23. The van der Waals surface area contributed by atoms with Crippen LogP contribution in [0.5, 0.6) is 0 Å². The first kappa shape index (κ1) is 8.21. The van der Waals surface area contributed by atoms with Crippen molar-refractivity contribution in [1.29, 1.82) is 0 Å². The topological polar surface area (TPSA) is 24.9 Å². The molecular weight excluding hydrogens is 136 g/mol. The van der Waals surface area contributed by atoms with Gasteiger partial charge in [-0.1, -0.05) is 6.07 Å². The van der Waals surface area contributed by atoms with Gasteiger partial charge in [-0.25, -0.2) is 0 Å². The highest BCUT2D eigenvalue weighted by Gasteiger charge is 1.99. The molecule has 0 unspecified atom stereocenters. The Morgan fingerprint density at radius 2 is 2.36 bits per heavy atom. The quantitative estimate of drug-likeness (QED) is 0.701. The summed E-state index contributed by atoms with van der Waals surface area (Å²) < 4.78 is 0. The summed E-state index contributed by atoms with van der Waals surface area (Å²) in [6, 6.07) is 6.51. The number of rotatable bonds is 3. The molecule has 1 rings (SSSR count). The molecule has 1 aromatic rings. The molecule has 0 spiro atoms. The van der Waals surface area contributed by atoms with Crippen molar-refractivity contribution in [3.63, 3.8) is 0 Å². The Balaban J connectivity index is 2.51. The van der Waals surface area contributed by atoms with Gasteiger partial charge in [-0.3, -0.25) is 4.98 Å². The summed E-state index contributed by atoms with van der Waals surface area (Å²) in [7, 11) is 1.97. The lowest BCUT2D eigenvalue weighted by Gasteiger charge is -2.07. The summed E-state index contributed by atoms with van der Waals surface area (Å²) in [5, 5.41) is 3.17. The van der Waals surface area contributed by atoms with E-state index in [0.717, 1.165) is 12.1 Å². The van der Waals surface area contributed by atoms with E-state index in [1.807, 2.05) is 31.4 Å². The zero-order valence-corrected chi connectivity index (χ0v) is 7.04. The predicted molar refractivity (Wildman–Crippen MR) is 46.5 cm³/mol. The van der Waals surface area contributed by atoms with Crippen LogP contribution in [0.25, 0.3) is 0 Å². The number of likely N-dealkylation sites (N-methyl/N-ethyl adjacent to an activating group) is 1. The van der Waals surface area contributed by atoms with Crippen molar-refractivity contribution in [2.24, 2.45) is 0 Å². The first-order valence-corrected chi connectivity index (χ1v) is 3.90. The minimum absolute atomic E-state index is 0.505. The van der Waals surface area contributed by atoms with Gasteiger partial charge in [0.15, 0.2) is 0 Å². The minimum Gasteiger partial charge on any atom is -0.317 e. The highest BCUT2D eigenvalue weighted by Crippen LogP contribution is 1.97. The number of nitrogens with one attached hydrogen (secondary N) is 1. The lowest BCUT2D eigenvalue weighted by atomic mass is 10.2. The molecule has 1 heterocycles. The van der Waals surface area contributed by atoms with Crippen molar-refractivity contribution in [2.45, 2.75) is 19.4 Å². The third-order valence-electron chi connectivity index (χ3n) is 1.73. The van der Waals surface area contributed by atoms with Crippen LogP contribution in [0.4, 0.5) is 0 Å². The number of pyridine rings is 1. The second kappa shape index (κ2) is 4.09. The fourth-order valence-electron chi connectivity index (χ4n) is 0.935. The molecule has 0 saturated carbocycles. The molecule has 0 radical (unpaired) electrons. The largest absolute Gasteiger partial charge is 0.317 e. The van der Waals surface area contributed by atoms with E-state index in [2.05, 4.69) is 17.2 Å². The zero-order valence-electron chi connectivity index (χ0n) is 7.04. The number of aromatic nitrogens is 1.